The van der Waals surface area contributed by atoms with Crippen LogP contribution < -0.4 is 0 Å². The molecule has 4 rings (SSSR count). The van der Waals surface area contributed by atoms with Gasteiger partial charge in [0.05, 0.1) is 30.4 Å². The van der Waals surface area contributed by atoms with E-state index in [2.05, 4.69) is 0 Å². The van der Waals surface area contributed by atoms with Crippen LogP contribution in [0.4, 0.5) is 0 Å². The third-order valence-electron chi connectivity index (χ3n) is 5.93. The molecule has 1 aromatic heterocycles. The van der Waals surface area contributed by atoms with Crippen molar-refractivity contribution in [3.05, 3.63) is 66.6 Å². The van der Waals surface area contributed by atoms with Gasteiger partial charge in [-0.25, -0.2) is 8.42 Å². The normalized spacial score (nSPS) is 16.7. The maximum atomic E-state index is 13.7. The average molecular weight is 471 g/mol. The lowest BCUT2D eigenvalue weighted by Crippen LogP contribution is -2.47. The number of sulfonamides is 1. The summed E-state index contributed by atoms with van der Waals surface area (Å²) in [5.74, 6) is 0.369. The molecule has 1 fully saturated rings. The molecule has 1 amide bonds. The quantitative estimate of drug-likeness (QED) is 0.472. The highest BCUT2D eigenvalue weighted by atomic mass is 32.2. The van der Waals surface area contributed by atoms with Crippen molar-refractivity contribution in [1.29, 1.82) is 0 Å². The maximum Gasteiger partial charge on any atom is 0.244 e. The van der Waals surface area contributed by atoms with Crippen molar-refractivity contribution >= 4 is 26.7 Å². The number of fused-ring (bicyclic) bond motifs is 1. The third kappa shape index (κ3) is 5.29. The van der Waals surface area contributed by atoms with Gasteiger partial charge in [-0.1, -0.05) is 36.4 Å². The van der Waals surface area contributed by atoms with Crippen molar-refractivity contribution in [1.82, 2.24) is 9.21 Å². The molecule has 0 saturated carbocycles. The Labute approximate surface area is 195 Å². The predicted octanol–water partition coefficient (Wildman–Crippen LogP) is 4.04. The maximum absolute atomic E-state index is 13.7. The highest BCUT2D eigenvalue weighted by molar-refractivity contribution is 7.89. The lowest BCUT2D eigenvalue weighted by Gasteiger charge is -2.30. The number of hydrogen-bond acceptors (Lipinski definition) is 5. The molecule has 2 heterocycles. The average Bonchev–Trinajstić information content (AvgIpc) is 3.50. The first-order valence-corrected chi connectivity index (χ1v) is 12.7. The zero-order valence-electron chi connectivity index (χ0n) is 19.0. The van der Waals surface area contributed by atoms with Crippen LogP contribution in [0.3, 0.4) is 0 Å². The monoisotopic (exact) mass is 470 g/mol. The molecule has 8 heteroatoms. The number of amides is 1. The molecule has 1 saturated heterocycles. The number of ether oxygens (including phenoxy) is 1. The molecular formula is C25H30N2O5S. The van der Waals surface area contributed by atoms with Gasteiger partial charge in [0.25, 0.3) is 0 Å². The second-order valence-electron chi connectivity index (χ2n) is 8.61. The molecule has 1 unspecified atom stereocenters. The van der Waals surface area contributed by atoms with Gasteiger partial charge in [-0.15, -0.1) is 0 Å². The van der Waals surface area contributed by atoms with Crippen LogP contribution in [-0.2, 0) is 26.1 Å². The third-order valence-corrected chi connectivity index (χ3v) is 8.01. The van der Waals surface area contributed by atoms with Gasteiger partial charge in [0, 0.05) is 24.6 Å². The number of carbonyl (C=O) groups excluding carboxylic acids is 1. The van der Waals surface area contributed by atoms with Crippen LogP contribution in [0.25, 0.3) is 10.8 Å². The standard InChI is InChI=1S/C25H30N2O5S/c1-19(2)27(33(29,30)24-13-5-9-20-8-3-4-12-23(20)24)18-25(28)26(16-21-10-6-14-31-21)17-22-11-7-15-32-22/h3-6,8-10,12-14,19,22H,7,11,15-18H2,1-2H3. The zero-order chi connectivity index (χ0) is 23.4. The van der Waals surface area contributed by atoms with Crippen molar-refractivity contribution in [3.63, 3.8) is 0 Å². The molecule has 0 N–H and O–H groups in total. The fraction of sp³-hybridized carbons (Fsp3) is 0.400. The van der Waals surface area contributed by atoms with Gasteiger partial charge in [-0.2, -0.15) is 4.31 Å². The van der Waals surface area contributed by atoms with Crippen molar-refractivity contribution in [3.8, 4) is 0 Å². The zero-order valence-corrected chi connectivity index (χ0v) is 19.8. The van der Waals surface area contributed by atoms with Crippen LogP contribution in [0.2, 0.25) is 0 Å². The Hall–Kier alpha value is -2.68. The second kappa shape index (κ2) is 10.1. The summed E-state index contributed by atoms with van der Waals surface area (Å²) in [5.41, 5.74) is 0. The topological polar surface area (TPSA) is 80.1 Å². The summed E-state index contributed by atoms with van der Waals surface area (Å²) < 4.78 is 39.9. The minimum absolute atomic E-state index is 0.0499. The lowest BCUT2D eigenvalue weighted by molar-refractivity contribution is -0.134. The Kier molecular flexibility index (Phi) is 7.17. The Morgan fingerprint density at radius 3 is 2.58 bits per heavy atom. The Morgan fingerprint density at radius 2 is 1.88 bits per heavy atom. The number of furan rings is 1. The Balaban J connectivity index is 1.61. The summed E-state index contributed by atoms with van der Waals surface area (Å²) >= 11 is 0. The van der Waals surface area contributed by atoms with Gasteiger partial charge in [-0.3, -0.25) is 4.79 Å². The van der Waals surface area contributed by atoms with E-state index >= 15 is 0 Å². The van der Waals surface area contributed by atoms with E-state index in [1.54, 1.807) is 49.3 Å². The summed E-state index contributed by atoms with van der Waals surface area (Å²) in [6.45, 7) is 4.67. The molecule has 0 spiro atoms. The molecule has 0 radical (unpaired) electrons. The highest BCUT2D eigenvalue weighted by Crippen LogP contribution is 2.27. The largest absolute Gasteiger partial charge is 0.467 e. The molecule has 2 aromatic carbocycles. The highest BCUT2D eigenvalue weighted by Gasteiger charge is 2.33. The first kappa shape index (κ1) is 23.5. The van der Waals surface area contributed by atoms with Gasteiger partial charge in [0.2, 0.25) is 15.9 Å². The number of hydrogen-bond donors (Lipinski definition) is 0. The summed E-state index contributed by atoms with van der Waals surface area (Å²) in [5, 5.41) is 1.48. The molecule has 0 bridgehead atoms. The van der Waals surface area contributed by atoms with Crippen LogP contribution in [0.5, 0.6) is 0 Å². The predicted molar refractivity (Wildman–Crippen MR) is 126 cm³/mol. The van der Waals surface area contributed by atoms with E-state index in [4.69, 9.17) is 9.15 Å². The number of nitrogens with zero attached hydrogens (tertiary/aromatic N) is 2. The minimum Gasteiger partial charge on any atom is -0.467 e. The van der Waals surface area contributed by atoms with E-state index in [1.807, 2.05) is 30.3 Å². The van der Waals surface area contributed by atoms with E-state index in [1.165, 1.54) is 4.31 Å². The van der Waals surface area contributed by atoms with Crippen LogP contribution >= 0.6 is 0 Å². The molecule has 1 aliphatic rings. The second-order valence-corrected chi connectivity index (χ2v) is 10.5. The number of rotatable bonds is 9. The Bertz CT molecular complexity index is 1180. The molecule has 176 valence electrons. The molecule has 1 aliphatic heterocycles. The van der Waals surface area contributed by atoms with E-state index < -0.39 is 16.1 Å². The Morgan fingerprint density at radius 1 is 1.09 bits per heavy atom. The van der Waals surface area contributed by atoms with Gasteiger partial charge < -0.3 is 14.1 Å². The van der Waals surface area contributed by atoms with Crippen LogP contribution in [0.1, 0.15) is 32.4 Å². The van der Waals surface area contributed by atoms with E-state index in [9.17, 15) is 13.2 Å². The molecular weight excluding hydrogens is 440 g/mol. The van der Waals surface area contributed by atoms with Gasteiger partial charge >= 0.3 is 0 Å². The molecule has 0 aliphatic carbocycles. The smallest absolute Gasteiger partial charge is 0.244 e. The first-order chi connectivity index (χ1) is 15.9. The molecule has 33 heavy (non-hydrogen) atoms. The molecule has 1 atom stereocenters. The number of carbonyl (C=O) groups is 1. The SMILES string of the molecule is CC(C)N(CC(=O)N(Cc1ccco1)CC1CCCO1)S(=O)(=O)c1cccc2ccccc12. The number of benzene rings is 2. The van der Waals surface area contributed by atoms with Crippen molar-refractivity contribution < 1.29 is 22.4 Å². The van der Waals surface area contributed by atoms with Crippen LogP contribution in [0, 0.1) is 0 Å². The lowest BCUT2D eigenvalue weighted by atomic mass is 10.1. The van der Waals surface area contributed by atoms with Crippen molar-refractivity contribution in [2.24, 2.45) is 0 Å². The fourth-order valence-corrected chi connectivity index (χ4v) is 6.01. The first-order valence-electron chi connectivity index (χ1n) is 11.3. The van der Waals surface area contributed by atoms with Gasteiger partial charge in [-0.05, 0) is 50.3 Å². The van der Waals surface area contributed by atoms with Gasteiger partial charge in [0.15, 0.2) is 0 Å². The summed E-state index contributed by atoms with van der Waals surface area (Å²) in [7, 11) is -3.91. The van der Waals surface area contributed by atoms with Crippen LogP contribution in [-0.4, -0.2) is 55.4 Å². The van der Waals surface area contributed by atoms with Crippen molar-refractivity contribution in [2.75, 3.05) is 19.7 Å². The molecule has 3 aromatic rings. The molecule has 7 nitrogen and oxygen atoms in total. The van der Waals surface area contributed by atoms with E-state index in [0.717, 1.165) is 18.2 Å². The van der Waals surface area contributed by atoms with Crippen molar-refractivity contribution in [2.45, 2.75) is 50.3 Å². The summed E-state index contributed by atoms with van der Waals surface area (Å²) in [6, 6.07) is 15.8. The van der Waals surface area contributed by atoms with Crippen LogP contribution in [0.15, 0.2) is 70.2 Å². The fourth-order valence-electron chi connectivity index (χ4n) is 4.20. The summed E-state index contributed by atoms with van der Waals surface area (Å²) in [4.78, 5) is 15.3. The van der Waals surface area contributed by atoms with Gasteiger partial charge in [0.1, 0.15) is 5.76 Å². The van der Waals surface area contributed by atoms with E-state index in [-0.39, 0.29) is 30.0 Å². The van der Waals surface area contributed by atoms with E-state index in [0.29, 0.717) is 24.3 Å². The summed E-state index contributed by atoms with van der Waals surface area (Å²) in [6.07, 6.45) is 3.35. The minimum atomic E-state index is -3.91.